The zero-order chi connectivity index (χ0) is 14.1. The van der Waals surface area contributed by atoms with Gasteiger partial charge in [-0.25, -0.2) is 4.39 Å². The molecule has 3 aromatic rings. The van der Waals surface area contributed by atoms with Gasteiger partial charge in [-0.05, 0) is 35.7 Å². The van der Waals surface area contributed by atoms with Crippen molar-refractivity contribution in [3.8, 4) is 5.75 Å². The van der Waals surface area contributed by atoms with E-state index in [0.29, 0.717) is 11.3 Å². The fraction of sp³-hybridized carbons (Fsp3) is 0.125. The molecule has 1 nitrogen and oxygen atoms in total. The summed E-state index contributed by atoms with van der Waals surface area (Å²) in [6.45, 7) is 0. The van der Waals surface area contributed by atoms with E-state index in [1.165, 1.54) is 16.8 Å². The molecular weight excluding hydrogens is 295 g/mol. The van der Waals surface area contributed by atoms with Crippen molar-refractivity contribution in [2.75, 3.05) is 7.11 Å². The first-order chi connectivity index (χ1) is 9.69. The maximum absolute atomic E-state index is 13.5. The van der Waals surface area contributed by atoms with Crippen molar-refractivity contribution in [3.05, 3.63) is 64.8 Å². The van der Waals surface area contributed by atoms with Gasteiger partial charge in [0.2, 0.25) is 0 Å². The van der Waals surface area contributed by atoms with Crippen molar-refractivity contribution >= 4 is 33.0 Å². The summed E-state index contributed by atoms with van der Waals surface area (Å²) in [6.07, 6.45) is 0. The van der Waals surface area contributed by atoms with Crippen molar-refractivity contribution in [1.29, 1.82) is 0 Å². The molecule has 20 heavy (non-hydrogen) atoms. The van der Waals surface area contributed by atoms with Gasteiger partial charge in [0.15, 0.2) is 0 Å². The molecule has 102 valence electrons. The van der Waals surface area contributed by atoms with Crippen LogP contribution in [0.1, 0.15) is 15.8 Å². The molecule has 2 aromatic carbocycles. The summed E-state index contributed by atoms with van der Waals surface area (Å²) in [5.74, 6) is 0.288. The third kappa shape index (κ3) is 2.39. The molecule has 0 aliphatic heterocycles. The lowest BCUT2D eigenvalue weighted by molar-refractivity contribution is 0.409. The average Bonchev–Trinajstić information content (AvgIpc) is 2.90. The summed E-state index contributed by atoms with van der Waals surface area (Å²) in [6, 6.07) is 14.5. The molecule has 0 fully saturated rings. The monoisotopic (exact) mass is 306 g/mol. The van der Waals surface area contributed by atoms with Crippen LogP contribution in [0.3, 0.4) is 0 Å². The van der Waals surface area contributed by atoms with Crippen molar-refractivity contribution < 1.29 is 9.13 Å². The molecule has 0 spiro atoms. The summed E-state index contributed by atoms with van der Waals surface area (Å²) in [4.78, 5) is 0.983. The van der Waals surface area contributed by atoms with E-state index in [4.69, 9.17) is 16.3 Å². The quantitative estimate of drug-likeness (QED) is 0.590. The first-order valence-corrected chi connectivity index (χ1v) is 7.40. The smallest absolute Gasteiger partial charge is 0.124 e. The number of hydrogen-bond acceptors (Lipinski definition) is 2. The number of rotatable bonds is 3. The molecule has 1 heterocycles. The van der Waals surface area contributed by atoms with Gasteiger partial charge in [0.05, 0.1) is 12.5 Å². The van der Waals surface area contributed by atoms with E-state index >= 15 is 0 Å². The highest BCUT2D eigenvalue weighted by Crippen LogP contribution is 2.40. The van der Waals surface area contributed by atoms with Crippen LogP contribution in [0.25, 0.3) is 10.1 Å². The largest absolute Gasteiger partial charge is 0.496 e. The van der Waals surface area contributed by atoms with Crippen LogP contribution >= 0.6 is 22.9 Å². The third-order valence-electron chi connectivity index (χ3n) is 3.16. The molecule has 0 saturated heterocycles. The van der Waals surface area contributed by atoms with E-state index < -0.39 is 5.38 Å². The second kappa shape index (κ2) is 5.43. The zero-order valence-corrected chi connectivity index (χ0v) is 12.3. The molecule has 3 rings (SSSR count). The van der Waals surface area contributed by atoms with E-state index in [0.717, 1.165) is 10.3 Å². The summed E-state index contributed by atoms with van der Waals surface area (Å²) in [5, 5.41) is 0.728. The van der Waals surface area contributed by atoms with Crippen LogP contribution in [-0.2, 0) is 0 Å². The van der Waals surface area contributed by atoms with E-state index in [1.54, 1.807) is 24.5 Å². The zero-order valence-electron chi connectivity index (χ0n) is 10.8. The highest BCUT2D eigenvalue weighted by molar-refractivity contribution is 7.19. The summed E-state index contributed by atoms with van der Waals surface area (Å²) in [7, 11) is 1.56. The maximum Gasteiger partial charge on any atom is 0.124 e. The minimum Gasteiger partial charge on any atom is -0.496 e. The van der Waals surface area contributed by atoms with Crippen LogP contribution in [-0.4, -0.2) is 7.11 Å². The Labute approximate surface area is 125 Å². The number of thiophene rings is 1. The molecule has 1 atom stereocenters. The highest BCUT2D eigenvalue weighted by Gasteiger charge is 2.18. The molecular formula is C16H12ClFOS. The van der Waals surface area contributed by atoms with Crippen molar-refractivity contribution in [3.63, 3.8) is 0 Å². The second-order valence-corrected chi connectivity index (χ2v) is 5.99. The highest BCUT2D eigenvalue weighted by atomic mass is 35.5. The Morgan fingerprint density at radius 1 is 1.15 bits per heavy atom. The summed E-state index contributed by atoms with van der Waals surface area (Å²) >= 11 is 8.14. The number of methoxy groups -OCH3 is 1. The van der Waals surface area contributed by atoms with Gasteiger partial charge in [0.1, 0.15) is 11.6 Å². The lowest BCUT2D eigenvalue weighted by Crippen LogP contribution is -1.96. The second-order valence-electron chi connectivity index (χ2n) is 4.44. The Hall–Kier alpha value is -1.58. The van der Waals surface area contributed by atoms with Gasteiger partial charge in [-0.3, -0.25) is 0 Å². The van der Waals surface area contributed by atoms with Crippen molar-refractivity contribution in [2.45, 2.75) is 5.38 Å². The number of benzene rings is 2. The lowest BCUT2D eigenvalue weighted by Gasteiger charge is -2.12. The molecule has 0 saturated carbocycles. The Kier molecular flexibility index (Phi) is 3.64. The van der Waals surface area contributed by atoms with Crippen LogP contribution in [0, 0.1) is 5.82 Å². The van der Waals surface area contributed by atoms with Gasteiger partial charge in [-0.2, -0.15) is 0 Å². The van der Waals surface area contributed by atoms with Gasteiger partial charge in [0, 0.05) is 15.1 Å². The third-order valence-corrected chi connectivity index (χ3v) is 4.94. The van der Waals surface area contributed by atoms with Gasteiger partial charge in [-0.1, -0.05) is 18.2 Å². The van der Waals surface area contributed by atoms with E-state index in [2.05, 4.69) is 6.07 Å². The Bertz CT molecular complexity index is 720. The summed E-state index contributed by atoms with van der Waals surface area (Å²) in [5.41, 5.74) is 0.653. The molecule has 1 aromatic heterocycles. The van der Waals surface area contributed by atoms with Crippen molar-refractivity contribution in [2.24, 2.45) is 0 Å². The molecule has 1 unspecified atom stereocenters. The van der Waals surface area contributed by atoms with Crippen LogP contribution in [0.2, 0.25) is 0 Å². The van der Waals surface area contributed by atoms with Crippen LogP contribution in [0.5, 0.6) is 5.75 Å². The van der Waals surface area contributed by atoms with Crippen LogP contribution in [0.4, 0.5) is 4.39 Å². The molecule has 0 radical (unpaired) electrons. The SMILES string of the molecule is COc1ccc(F)cc1C(Cl)c1cc2ccccc2s1. The minimum absolute atomic E-state index is 0.312. The molecule has 0 amide bonds. The topological polar surface area (TPSA) is 9.23 Å². The molecule has 0 bridgehead atoms. The predicted octanol–water partition coefficient (Wildman–Crippen LogP) is 5.38. The number of ether oxygens (including phenoxy) is 1. The Balaban J connectivity index is 2.07. The minimum atomic E-state index is -0.418. The Morgan fingerprint density at radius 3 is 2.70 bits per heavy atom. The standard InChI is InChI=1S/C16H12ClFOS/c1-19-13-7-6-11(18)9-12(13)16(17)15-8-10-4-2-3-5-14(10)20-15/h2-9,16H,1H3. The fourth-order valence-electron chi connectivity index (χ4n) is 2.18. The van der Waals surface area contributed by atoms with Gasteiger partial charge >= 0.3 is 0 Å². The number of hydrogen-bond donors (Lipinski definition) is 0. The lowest BCUT2D eigenvalue weighted by atomic mass is 10.1. The van der Waals surface area contributed by atoms with Crippen molar-refractivity contribution in [1.82, 2.24) is 0 Å². The number of fused-ring (bicyclic) bond motifs is 1. The number of alkyl halides is 1. The van der Waals surface area contributed by atoms with E-state index in [1.807, 2.05) is 24.3 Å². The van der Waals surface area contributed by atoms with Crippen LogP contribution < -0.4 is 4.74 Å². The first kappa shape index (κ1) is 13.4. The first-order valence-electron chi connectivity index (χ1n) is 6.15. The number of halogens is 2. The van der Waals surface area contributed by atoms with Gasteiger partial charge in [-0.15, -0.1) is 22.9 Å². The Morgan fingerprint density at radius 2 is 1.95 bits per heavy atom. The molecule has 0 N–H and O–H groups in total. The molecule has 4 heteroatoms. The normalized spacial score (nSPS) is 12.6. The molecule has 0 aliphatic carbocycles. The maximum atomic E-state index is 13.5. The summed E-state index contributed by atoms with van der Waals surface area (Å²) < 4.78 is 19.9. The van der Waals surface area contributed by atoms with E-state index in [9.17, 15) is 4.39 Å². The predicted molar refractivity (Wildman–Crippen MR) is 82.5 cm³/mol. The average molecular weight is 307 g/mol. The van der Waals surface area contributed by atoms with Crippen LogP contribution in [0.15, 0.2) is 48.5 Å². The van der Waals surface area contributed by atoms with Gasteiger partial charge < -0.3 is 4.74 Å². The molecule has 0 aliphatic rings. The van der Waals surface area contributed by atoms with Gasteiger partial charge in [0.25, 0.3) is 0 Å². The van der Waals surface area contributed by atoms with E-state index in [-0.39, 0.29) is 5.82 Å². The fourth-order valence-corrected chi connectivity index (χ4v) is 3.61.